The Labute approximate surface area is 111 Å². The Hall–Kier alpha value is -0.570. The Morgan fingerprint density at radius 3 is 2.39 bits per heavy atom. The summed E-state index contributed by atoms with van der Waals surface area (Å²) < 4.78 is 0. The number of amides is 1. The van der Waals surface area contributed by atoms with Gasteiger partial charge in [0.05, 0.1) is 5.54 Å². The van der Waals surface area contributed by atoms with Gasteiger partial charge in [0.2, 0.25) is 5.91 Å². The third-order valence-electron chi connectivity index (χ3n) is 5.21. The first-order chi connectivity index (χ1) is 8.56. The Morgan fingerprint density at radius 1 is 1.22 bits per heavy atom. The molecule has 2 aliphatic carbocycles. The van der Waals surface area contributed by atoms with Gasteiger partial charge in [-0.15, -0.1) is 0 Å². The average Bonchev–Trinajstić information content (AvgIpc) is 2.79. The van der Waals surface area contributed by atoms with E-state index in [9.17, 15) is 4.79 Å². The molecule has 2 aliphatic rings. The third-order valence-corrected chi connectivity index (χ3v) is 5.21. The normalized spacial score (nSPS) is 40.7. The van der Waals surface area contributed by atoms with Crippen LogP contribution in [0, 0.1) is 17.8 Å². The SMILES string of the molecule is CC1CCC(CN)(NC(=O)C2CCCC2C)CC1. The molecule has 0 aromatic heterocycles. The van der Waals surface area contributed by atoms with Gasteiger partial charge in [-0.3, -0.25) is 4.79 Å². The van der Waals surface area contributed by atoms with Crippen LogP contribution in [-0.4, -0.2) is 18.0 Å². The van der Waals surface area contributed by atoms with Crippen LogP contribution in [0.5, 0.6) is 0 Å². The van der Waals surface area contributed by atoms with E-state index in [1.807, 2.05) is 0 Å². The van der Waals surface area contributed by atoms with E-state index in [1.165, 1.54) is 25.7 Å². The molecule has 104 valence electrons. The molecule has 2 saturated carbocycles. The summed E-state index contributed by atoms with van der Waals surface area (Å²) in [6.45, 7) is 5.09. The third kappa shape index (κ3) is 2.87. The molecule has 0 radical (unpaired) electrons. The minimum absolute atomic E-state index is 0.105. The molecule has 2 fully saturated rings. The van der Waals surface area contributed by atoms with E-state index >= 15 is 0 Å². The van der Waals surface area contributed by atoms with Crippen LogP contribution in [0.25, 0.3) is 0 Å². The molecule has 2 rings (SSSR count). The second-order valence-electron chi connectivity index (χ2n) is 6.67. The van der Waals surface area contributed by atoms with Gasteiger partial charge in [-0.25, -0.2) is 0 Å². The van der Waals surface area contributed by atoms with E-state index in [-0.39, 0.29) is 17.4 Å². The number of carbonyl (C=O) groups is 1. The summed E-state index contributed by atoms with van der Waals surface area (Å²) in [5, 5.41) is 3.31. The van der Waals surface area contributed by atoms with Crippen molar-refractivity contribution in [2.75, 3.05) is 6.54 Å². The van der Waals surface area contributed by atoms with Crippen LogP contribution in [0.1, 0.15) is 58.8 Å². The van der Waals surface area contributed by atoms with Gasteiger partial charge in [0.25, 0.3) is 0 Å². The summed E-state index contributed by atoms with van der Waals surface area (Å²) in [6, 6.07) is 0. The zero-order valence-electron chi connectivity index (χ0n) is 11.9. The lowest BCUT2D eigenvalue weighted by Crippen LogP contribution is -2.56. The van der Waals surface area contributed by atoms with Gasteiger partial charge in [0.15, 0.2) is 0 Å². The summed E-state index contributed by atoms with van der Waals surface area (Å²) in [6.07, 6.45) is 7.95. The van der Waals surface area contributed by atoms with E-state index < -0.39 is 0 Å². The molecule has 0 spiro atoms. The van der Waals surface area contributed by atoms with Crippen molar-refractivity contribution in [2.24, 2.45) is 23.5 Å². The quantitative estimate of drug-likeness (QED) is 0.810. The first-order valence-electron chi connectivity index (χ1n) is 7.58. The van der Waals surface area contributed by atoms with Gasteiger partial charge >= 0.3 is 0 Å². The highest BCUT2D eigenvalue weighted by molar-refractivity contribution is 5.80. The monoisotopic (exact) mass is 252 g/mol. The van der Waals surface area contributed by atoms with E-state index in [2.05, 4.69) is 19.2 Å². The molecular weight excluding hydrogens is 224 g/mol. The van der Waals surface area contributed by atoms with Crippen molar-refractivity contribution in [3.63, 3.8) is 0 Å². The van der Waals surface area contributed by atoms with Crippen molar-refractivity contribution >= 4 is 5.91 Å². The van der Waals surface area contributed by atoms with Crippen molar-refractivity contribution in [2.45, 2.75) is 64.3 Å². The van der Waals surface area contributed by atoms with Crippen LogP contribution < -0.4 is 11.1 Å². The maximum Gasteiger partial charge on any atom is 0.223 e. The second-order valence-corrected chi connectivity index (χ2v) is 6.67. The molecule has 0 bridgehead atoms. The van der Waals surface area contributed by atoms with Crippen LogP contribution in [0.3, 0.4) is 0 Å². The standard InChI is InChI=1S/C15H28N2O/c1-11-6-8-15(10-16,9-7-11)17-14(18)13-5-3-4-12(13)2/h11-13H,3-10,16H2,1-2H3,(H,17,18). The first kappa shape index (κ1) is 13.9. The van der Waals surface area contributed by atoms with Gasteiger partial charge in [0.1, 0.15) is 0 Å². The largest absolute Gasteiger partial charge is 0.349 e. The maximum atomic E-state index is 12.4. The number of nitrogens with two attached hydrogens (primary N) is 1. The van der Waals surface area contributed by atoms with Gasteiger partial charge in [0, 0.05) is 12.5 Å². The maximum absolute atomic E-state index is 12.4. The summed E-state index contributed by atoms with van der Waals surface area (Å²) in [5.74, 6) is 1.82. The Morgan fingerprint density at radius 2 is 1.89 bits per heavy atom. The fraction of sp³-hybridized carbons (Fsp3) is 0.933. The lowest BCUT2D eigenvalue weighted by Gasteiger charge is -2.40. The number of rotatable bonds is 3. The predicted octanol–water partition coefficient (Wildman–Crippen LogP) is 2.45. The van der Waals surface area contributed by atoms with Crippen molar-refractivity contribution in [3.8, 4) is 0 Å². The van der Waals surface area contributed by atoms with Gasteiger partial charge in [-0.05, 0) is 50.4 Å². The zero-order valence-corrected chi connectivity index (χ0v) is 11.9. The molecule has 0 aromatic rings. The summed E-state index contributed by atoms with van der Waals surface area (Å²) in [7, 11) is 0. The topological polar surface area (TPSA) is 55.1 Å². The molecule has 3 N–H and O–H groups in total. The van der Waals surface area contributed by atoms with Crippen LogP contribution in [0.2, 0.25) is 0 Å². The first-order valence-corrected chi connectivity index (χ1v) is 7.58. The number of hydrogen-bond donors (Lipinski definition) is 2. The van der Waals surface area contributed by atoms with Crippen LogP contribution in [0.4, 0.5) is 0 Å². The highest BCUT2D eigenvalue weighted by atomic mass is 16.2. The van der Waals surface area contributed by atoms with Crippen LogP contribution in [0.15, 0.2) is 0 Å². The van der Waals surface area contributed by atoms with Crippen molar-refractivity contribution in [3.05, 3.63) is 0 Å². The molecule has 1 amide bonds. The summed E-state index contributed by atoms with van der Waals surface area (Å²) in [5.41, 5.74) is 5.85. The summed E-state index contributed by atoms with van der Waals surface area (Å²) in [4.78, 5) is 12.4. The molecule has 3 heteroatoms. The van der Waals surface area contributed by atoms with Crippen molar-refractivity contribution in [1.82, 2.24) is 5.32 Å². The summed E-state index contributed by atoms with van der Waals surface area (Å²) >= 11 is 0. The van der Waals surface area contributed by atoms with Crippen molar-refractivity contribution in [1.29, 1.82) is 0 Å². The smallest absolute Gasteiger partial charge is 0.223 e. The molecule has 18 heavy (non-hydrogen) atoms. The van der Waals surface area contributed by atoms with E-state index in [4.69, 9.17) is 5.73 Å². The number of nitrogens with one attached hydrogen (secondary N) is 1. The Balaban J connectivity index is 1.95. The molecule has 0 saturated heterocycles. The van der Waals surface area contributed by atoms with Gasteiger partial charge in [-0.1, -0.05) is 20.3 Å². The lowest BCUT2D eigenvalue weighted by molar-refractivity contribution is -0.128. The van der Waals surface area contributed by atoms with Crippen LogP contribution in [-0.2, 0) is 4.79 Å². The van der Waals surface area contributed by atoms with Gasteiger partial charge < -0.3 is 11.1 Å². The van der Waals surface area contributed by atoms with Crippen LogP contribution >= 0.6 is 0 Å². The predicted molar refractivity (Wildman–Crippen MR) is 74.1 cm³/mol. The lowest BCUT2D eigenvalue weighted by atomic mass is 9.76. The fourth-order valence-corrected chi connectivity index (χ4v) is 3.58. The highest BCUT2D eigenvalue weighted by Gasteiger charge is 2.38. The molecule has 0 aromatic carbocycles. The fourth-order valence-electron chi connectivity index (χ4n) is 3.58. The van der Waals surface area contributed by atoms with Gasteiger partial charge in [-0.2, -0.15) is 0 Å². The zero-order chi connectivity index (χ0) is 13.2. The molecular formula is C15H28N2O. The second kappa shape index (κ2) is 5.60. The number of carbonyl (C=O) groups excluding carboxylic acids is 1. The van der Waals surface area contributed by atoms with E-state index in [1.54, 1.807) is 0 Å². The minimum atomic E-state index is -0.105. The molecule has 0 heterocycles. The van der Waals surface area contributed by atoms with Crippen molar-refractivity contribution < 1.29 is 4.79 Å². The molecule has 2 unspecified atom stereocenters. The minimum Gasteiger partial charge on any atom is -0.349 e. The molecule has 2 atom stereocenters. The van der Waals surface area contributed by atoms with E-state index in [0.717, 1.165) is 25.2 Å². The highest BCUT2D eigenvalue weighted by Crippen LogP contribution is 2.34. The Kier molecular flexibility index (Phi) is 4.31. The molecule has 3 nitrogen and oxygen atoms in total. The van der Waals surface area contributed by atoms with E-state index in [0.29, 0.717) is 12.5 Å². The molecule has 0 aliphatic heterocycles. The number of hydrogen-bond acceptors (Lipinski definition) is 2. The average molecular weight is 252 g/mol. The Bertz CT molecular complexity index is 295.